The zero-order chi connectivity index (χ0) is 26.2. The van der Waals surface area contributed by atoms with Gasteiger partial charge in [0.15, 0.2) is 24.6 Å². The minimum absolute atomic E-state index is 0.0214. The van der Waals surface area contributed by atoms with Gasteiger partial charge in [-0.1, -0.05) is 5.11 Å². The van der Waals surface area contributed by atoms with Gasteiger partial charge in [-0.05, 0) is 5.53 Å². The molecule has 0 radical (unpaired) electrons. The van der Waals surface area contributed by atoms with Crippen molar-refractivity contribution in [3.63, 3.8) is 0 Å². The Kier molecular flexibility index (Phi) is 14.3. The first-order chi connectivity index (χ1) is 16.6. The summed E-state index contributed by atoms with van der Waals surface area (Å²) in [6, 6.07) is 0. The van der Waals surface area contributed by atoms with Crippen LogP contribution in [0.3, 0.4) is 0 Å². The van der Waals surface area contributed by atoms with Gasteiger partial charge in [-0.25, -0.2) is 0 Å². The third-order valence-electron chi connectivity index (χ3n) is 4.23. The second-order valence-corrected chi connectivity index (χ2v) is 7.12. The summed E-state index contributed by atoms with van der Waals surface area (Å²) in [6.07, 6.45) is -6.20. The molecule has 1 saturated heterocycles. The van der Waals surface area contributed by atoms with E-state index in [1.54, 1.807) is 0 Å². The molecule has 1 heterocycles. The lowest BCUT2D eigenvalue weighted by Gasteiger charge is -2.44. The Hall–Kier alpha value is -2.97. The minimum Gasteiger partial charge on any atom is -0.463 e. The molecule has 0 spiro atoms. The van der Waals surface area contributed by atoms with Crippen LogP contribution >= 0.6 is 0 Å². The second-order valence-electron chi connectivity index (χ2n) is 7.12. The highest BCUT2D eigenvalue weighted by molar-refractivity contribution is 5.68. The molecule has 1 aliphatic heterocycles. The highest BCUT2D eigenvalue weighted by Crippen LogP contribution is 2.29. The normalized spacial score (nSPS) is 23.5. The van der Waals surface area contributed by atoms with Gasteiger partial charge in [-0.3, -0.25) is 19.2 Å². The van der Waals surface area contributed by atoms with Crippen molar-refractivity contribution in [2.75, 3.05) is 46.2 Å². The maximum Gasteiger partial charge on any atom is 0.303 e. The molecule has 0 saturated carbocycles. The number of esters is 4. The van der Waals surface area contributed by atoms with Crippen molar-refractivity contribution in [1.82, 2.24) is 0 Å². The molecule has 0 unspecified atom stereocenters. The number of azide groups is 1. The molecule has 0 amide bonds. The quantitative estimate of drug-likeness (QED) is 0.0745. The van der Waals surface area contributed by atoms with Crippen LogP contribution in [0.15, 0.2) is 5.11 Å². The number of ether oxygens (including phenoxy) is 8. The predicted molar refractivity (Wildman–Crippen MR) is 114 cm³/mol. The topological polar surface area (TPSA) is 191 Å². The van der Waals surface area contributed by atoms with Crippen LogP contribution in [0.1, 0.15) is 27.7 Å². The molecule has 15 nitrogen and oxygen atoms in total. The maximum absolute atomic E-state index is 11.8. The van der Waals surface area contributed by atoms with Crippen LogP contribution in [0.2, 0.25) is 0 Å². The highest BCUT2D eigenvalue weighted by Gasteiger charge is 2.52. The van der Waals surface area contributed by atoms with Crippen LogP contribution in [0, 0.1) is 0 Å². The summed E-state index contributed by atoms with van der Waals surface area (Å²) in [6.45, 7) is 5.29. The molecule has 1 fully saturated rings. The number of carbonyl (C=O) groups excluding carboxylic acids is 4. The summed E-state index contributed by atoms with van der Waals surface area (Å²) in [5.41, 5.74) is 8.18. The molecular weight excluding hydrogens is 474 g/mol. The zero-order valence-electron chi connectivity index (χ0n) is 20.1. The van der Waals surface area contributed by atoms with Gasteiger partial charge < -0.3 is 37.9 Å². The number of hydrogen-bond donors (Lipinski definition) is 0. The number of rotatable bonds is 15. The van der Waals surface area contributed by atoms with Crippen molar-refractivity contribution >= 4 is 23.9 Å². The van der Waals surface area contributed by atoms with E-state index in [-0.39, 0.29) is 46.2 Å². The summed E-state index contributed by atoms with van der Waals surface area (Å²) in [7, 11) is 0. The van der Waals surface area contributed by atoms with Crippen molar-refractivity contribution in [1.29, 1.82) is 0 Å². The van der Waals surface area contributed by atoms with Gasteiger partial charge in [0, 0.05) is 39.2 Å². The van der Waals surface area contributed by atoms with E-state index >= 15 is 0 Å². The second kappa shape index (κ2) is 16.6. The lowest BCUT2D eigenvalue weighted by molar-refractivity contribution is -0.309. The van der Waals surface area contributed by atoms with E-state index in [1.165, 1.54) is 6.92 Å². The standard InChI is InChI=1S/C20H31N3O12/c1-12(24)31-11-16-17(32-13(2)25)18(33-14(3)26)19(34-15(4)27)20(35-16)30-10-9-29-8-7-28-6-5-22-23-21/h16-20H,5-11H2,1-4H3/t16-,17+,18+,19-,20-/m1/s1. The van der Waals surface area contributed by atoms with E-state index in [2.05, 4.69) is 10.0 Å². The maximum atomic E-state index is 11.8. The first-order valence-corrected chi connectivity index (χ1v) is 10.7. The fourth-order valence-corrected chi connectivity index (χ4v) is 3.02. The van der Waals surface area contributed by atoms with Gasteiger partial charge in [0.25, 0.3) is 0 Å². The highest BCUT2D eigenvalue weighted by atomic mass is 16.7. The van der Waals surface area contributed by atoms with Crippen LogP contribution < -0.4 is 0 Å². The van der Waals surface area contributed by atoms with Gasteiger partial charge >= 0.3 is 23.9 Å². The smallest absolute Gasteiger partial charge is 0.303 e. The fraction of sp³-hybridized carbons (Fsp3) is 0.800. The van der Waals surface area contributed by atoms with Crippen LogP contribution in [0.4, 0.5) is 0 Å². The van der Waals surface area contributed by atoms with Gasteiger partial charge in [0.05, 0.1) is 33.0 Å². The first-order valence-electron chi connectivity index (χ1n) is 10.7. The Morgan fingerprint density at radius 3 is 1.89 bits per heavy atom. The van der Waals surface area contributed by atoms with Crippen LogP contribution in [0.25, 0.3) is 10.4 Å². The summed E-state index contributed by atoms with van der Waals surface area (Å²) in [5.74, 6) is -2.80. The Labute approximate surface area is 201 Å². The van der Waals surface area contributed by atoms with Crippen LogP contribution in [-0.2, 0) is 57.1 Å². The van der Waals surface area contributed by atoms with E-state index in [1.807, 2.05) is 0 Å². The predicted octanol–water partition coefficient (Wildman–Crippen LogP) is 0.430. The molecule has 35 heavy (non-hydrogen) atoms. The largest absolute Gasteiger partial charge is 0.463 e. The fourth-order valence-electron chi connectivity index (χ4n) is 3.02. The summed E-state index contributed by atoms with van der Waals surface area (Å²) < 4.78 is 42.9. The van der Waals surface area contributed by atoms with Gasteiger partial charge in [-0.2, -0.15) is 0 Å². The molecule has 0 bridgehead atoms. The number of nitrogens with zero attached hydrogens (tertiary/aromatic N) is 3. The summed E-state index contributed by atoms with van der Waals surface area (Å²) in [4.78, 5) is 49.1. The number of hydrogen-bond acceptors (Lipinski definition) is 13. The van der Waals surface area contributed by atoms with Crippen molar-refractivity contribution in [3.05, 3.63) is 10.4 Å². The third kappa shape index (κ3) is 12.3. The lowest BCUT2D eigenvalue weighted by Crippen LogP contribution is -2.63. The zero-order valence-corrected chi connectivity index (χ0v) is 20.1. The van der Waals surface area contributed by atoms with E-state index in [4.69, 9.17) is 43.4 Å². The Morgan fingerprint density at radius 1 is 0.771 bits per heavy atom. The summed E-state index contributed by atoms with van der Waals surface area (Å²) >= 11 is 0. The minimum atomic E-state index is -1.30. The SMILES string of the molecule is CC(=O)OC[C@H]1O[C@@H](OCCOCCOCCN=[N+]=[N-])[C@H](OC(C)=O)[C@@H](OC(C)=O)[C@H]1OC(C)=O. The monoisotopic (exact) mass is 505 g/mol. The molecule has 1 aliphatic rings. The van der Waals surface area contributed by atoms with E-state index in [0.717, 1.165) is 20.8 Å². The first kappa shape index (κ1) is 30.1. The molecule has 0 aliphatic carbocycles. The Bertz CT molecular complexity index is 758. The van der Waals surface area contributed by atoms with Gasteiger partial charge in [0.2, 0.25) is 0 Å². The van der Waals surface area contributed by atoms with E-state index in [0.29, 0.717) is 0 Å². The Morgan fingerprint density at radius 2 is 1.31 bits per heavy atom. The average Bonchev–Trinajstić information content (AvgIpc) is 2.76. The summed E-state index contributed by atoms with van der Waals surface area (Å²) in [5, 5.41) is 3.33. The lowest BCUT2D eigenvalue weighted by atomic mass is 9.98. The molecule has 198 valence electrons. The number of carbonyl (C=O) groups is 4. The van der Waals surface area contributed by atoms with Gasteiger partial charge in [0.1, 0.15) is 12.7 Å². The molecular formula is C20H31N3O12. The van der Waals surface area contributed by atoms with Gasteiger partial charge in [-0.15, -0.1) is 0 Å². The van der Waals surface area contributed by atoms with Crippen LogP contribution in [-0.4, -0.2) is 101 Å². The molecule has 1 rings (SSSR count). The molecule has 0 aromatic rings. The van der Waals surface area contributed by atoms with Crippen LogP contribution in [0.5, 0.6) is 0 Å². The van der Waals surface area contributed by atoms with E-state index in [9.17, 15) is 19.2 Å². The molecule has 0 N–H and O–H groups in total. The Balaban J connectivity index is 2.85. The van der Waals surface area contributed by atoms with Crippen molar-refractivity contribution in [2.45, 2.75) is 58.4 Å². The van der Waals surface area contributed by atoms with Crippen molar-refractivity contribution < 1.29 is 57.1 Å². The van der Waals surface area contributed by atoms with Crippen molar-refractivity contribution in [2.24, 2.45) is 5.11 Å². The third-order valence-corrected chi connectivity index (χ3v) is 4.23. The molecule has 0 aromatic carbocycles. The molecule has 15 heteroatoms. The molecule has 0 aromatic heterocycles. The van der Waals surface area contributed by atoms with E-state index < -0.39 is 54.6 Å². The average molecular weight is 505 g/mol. The van der Waals surface area contributed by atoms with Crippen molar-refractivity contribution in [3.8, 4) is 0 Å². The molecule has 5 atom stereocenters.